The summed E-state index contributed by atoms with van der Waals surface area (Å²) in [4.78, 5) is 0. The molecule has 0 aromatic heterocycles. The van der Waals surface area contributed by atoms with Gasteiger partial charge >= 0.3 is 0 Å². The Hall–Kier alpha value is -0.850. The number of hydrogen-bond acceptors (Lipinski definition) is 0. The van der Waals surface area contributed by atoms with E-state index in [1.165, 1.54) is 11.6 Å². The fourth-order valence-corrected chi connectivity index (χ4v) is 1.23. The van der Waals surface area contributed by atoms with E-state index in [0.29, 0.717) is 5.92 Å². The lowest BCUT2D eigenvalue weighted by Gasteiger charge is -2.08. The van der Waals surface area contributed by atoms with Crippen molar-refractivity contribution in [3.8, 4) is 0 Å². The Bertz CT molecular complexity index is 251. The van der Waals surface area contributed by atoms with Crippen LogP contribution >= 0.6 is 0 Å². The highest BCUT2D eigenvalue weighted by Gasteiger charge is 2.03. The van der Waals surface area contributed by atoms with Gasteiger partial charge in [-0.25, -0.2) is 4.39 Å². The van der Waals surface area contributed by atoms with Crippen LogP contribution in [-0.4, -0.2) is 0 Å². The Labute approximate surface area is 80.8 Å². The van der Waals surface area contributed by atoms with Gasteiger partial charge in [-0.3, -0.25) is 0 Å². The second-order valence-electron chi connectivity index (χ2n) is 3.16. The number of aryl methyl sites for hydroxylation is 1. The number of hydrogen-bond donors (Lipinski definition) is 0. The molecule has 0 fully saturated rings. The highest BCUT2D eigenvalue weighted by molar-refractivity contribution is 5.28. The van der Waals surface area contributed by atoms with Crippen molar-refractivity contribution in [3.63, 3.8) is 0 Å². The van der Waals surface area contributed by atoms with E-state index in [4.69, 9.17) is 0 Å². The van der Waals surface area contributed by atoms with Crippen LogP contribution in [-0.2, 0) is 0 Å². The molecule has 13 heavy (non-hydrogen) atoms. The normalized spacial score (nSPS) is 9.46. The highest BCUT2D eigenvalue weighted by atomic mass is 19.1. The minimum Gasteiger partial charge on any atom is -0.207 e. The lowest BCUT2D eigenvalue weighted by atomic mass is 9.98. The molecule has 0 nitrogen and oxygen atoms in total. The van der Waals surface area contributed by atoms with Crippen LogP contribution in [0.15, 0.2) is 18.2 Å². The van der Waals surface area contributed by atoms with Gasteiger partial charge in [-0.1, -0.05) is 33.8 Å². The Morgan fingerprint density at radius 3 is 2.08 bits per heavy atom. The maximum Gasteiger partial charge on any atom is 0.123 e. The van der Waals surface area contributed by atoms with Crippen molar-refractivity contribution in [2.45, 2.75) is 40.5 Å². The summed E-state index contributed by atoms with van der Waals surface area (Å²) >= 11 is 0. The molecule has 1 aromatic rings. The molecule has 1 rings (SSSR count). The van der Waals surface area contributed by atoms with Crippen molar-refractivity contribution >= 4 is 0 Å². The van der Waals surface area contributed by atoms with Gasteiger partial charge in [0.1, 0.15) is 5.82 Å². The summed E-state index contributed by atoms with van der Waals surface area (Å²) in [5, 5.41) is 0. The Kier molecular flexibility index (Phi) is 5.36. The standard InChI is InChI=1S/C10H13F.C2H6/c1-7(2)10-6-9(11)5-4-8(10)3;1-2/h4-7H,1-3H3;1-2H3. The summed E-state index contributed by atoms with van der Waals surface area (Å²) in [5.74, 6) is 0.269. The SMILES string of the molecule is CC.Cc1ccc(F)cc1C(C)C. The van der Waals surface area contributed by atoms with Crippen LogP contribution < -0.4 is 0 Å². The largest absolute Gasteiger partial charge is 0.207 e. The molecule has 0 atom stereocenters. The van der Waals surface area contributed by atoms with Crippen LogP contribution in [0.25, 0.3) is 0 Å². The summed E-state index contributed by atoms with van der Waals surface area (Å²) < 4.78 is 12.7. The Balaban J connectivity index is 0.000000671. The molecule has 0 bridgehead atoms. The van der Waals surface area contributed by atoms with E-state index in [2.05, 4.69) is 13.8 Å². The van der Waals surface area contributed by atoms with Crippen LogP contribution in [0.1, 0.15) is 44.7 Å². The Morgan fingerprint density at radius 2 is 1.69 bits per heavy atom. The summed E-state index contributed by atoms with van der Waals surface area (Å²) in [6, 6.07) is 4.94. The van der Waals surface area contributed by atoms with Crippen LogP contribution in [0, 0.1) is 12.7 Å². The van der Waals surface area contributed by atoms with Crippen molar-refractivity contribution in [3.05, 3.63) is 35.1 Å². The third-order valence-corrected chi connectivity index (χ3v) is 1.86. The van der Waals surface area contributed by atoms with Gasteiger partial charge in [0.05, 0.1) is 0 Å². The highest BCUT2D eigenvalue weighted by Crippen LogP contribution is 2.19. The molecular weight excluding hydrogens is 163 g/mol. The zero-order chi connectivity index (χ0) is 10.4. The van der Waals surface area contributed by atoms with Crippen LogP contribution in [0.4, 0.5) is 4.39 Å². The van der Waals surface area contributed by atoms with Crippen LogP contribution in [0.5, 0.6) is 0 Å². The number of benzene rings is 1. The first-order chi connectivity index (χ1) is 6.11. The lowest BCUT2D eigenvalue weighted by Crippen LogP contribution is -1.92. The predicted octanol–water partition coefficient (Wildman–Crippen LogP) is 4.28. The van der Waals surface area contributed by atoms with Crippen molar-refractivity contribution in [1.82, 2.24) is 0 Å². The van der Waals surface area contributed by atoms with Crippen molar-refractivity contribution in [2.24, 2.45) is 0 Å². The van der Waals surface area contributed by atoms with Crippen LogP contribution in [0.2, 0.25) is 0 Å². The van der Waals surface area contributed by atoms with Gasteiger partial charge in [-0.05, 0) is 36.1 Å². The van der Waals surface area contributed by atoms with Crippen molar-refractivity contribution in [1.29, 1.82) is 0 Å². The second-order valence-corrected chi connectivity index (χ2v) is 3.16. The summed E-state index contributed by atoms with van der Waals surface area (Å²) in [5.41, 5.74) is 2.27. The zero-order valence-electron chi connectivity index (χ0n) is 9.19. The first-order valence-electron chi connectivity index (χ1n) is 4.87. The van der Waals surface area contributed by atoms with Gasteiger partial charge in [0, 0.05) is 0 Å². The summed E-state index contributed by atoms with van der Waals surface area (Å²) in [6.07, 6.45) is 0. The lowest BCUT2D eigenvalue weighted by molar-refractivity contribution is 0.622. The van der Waals surface area contributed by atoms with E-state index in [9.17, 15) is 4.39 Å². The predicted molar refractivity (Wildman–Crippen MR) is 56.6 cm³/mol. The van der Waals surface area contributed by atoms with Crippen molar-refractivity contribution in [2.75, 3.05) is 0 Å². The van der Waals surface area contributed by atoms with E-state index < -0.39 is 0 Å². The molecule has 0 N–H and O–H groups in total. The maximum absolute atomic E-state index is 12.7. The van der Waals surface area contributed by atoms with Gasteiger partial charge in [0.15, 0.2) is 0 Å². The van der Waals surface area contributed by atoms with E-state index in [1.807, 2.05) is 26.8 Å². The summed E-state index contributed by atoms with van der Waals surface area (Å²) in [6.45, 7) is 10.2. The topological polar surface area (TPSA) is 0 Å². The number of halogens is 1. The van der Waals surface area contributed by atoms with Gasteiger partial charge < -0.3 is 0 Å². The van der Waals surface area contributed by atoms with Gasteiger partial charge in [0.25, 0.3) is 0 Å². The maximum atomic E-state index is 12.7. The van der Waals surface area contributed by atoms with E-state index in [0.717, 1.165) is 5.56 Å². The molecule has 1 aromatic carbocycles. The minimum atomic E-state index is -0.140. The van der Waals surface area contributed by atoms with E-state index >= 15 is 0 Å². The van der Waals surface area contributed by atoms with Gasteiger partial charge in [-0.2, -0.15) is 0 Å². The molecule has 0 radical (unpaired) electrons. The van der Waals surface area contributed by atoms with Crippen LogP contribution in [0.3, 0.4) is 0 Å². The molecule has 74 valence electrons. The molecule has 0 aliphatic carbocycles. The molecule has 0 amide bonds. The van der Waals surface area contributed by atoms with Gasteiger partial charge in [-0.15, -0.1) is 0 Å². The molecule has 0 saturated heterocycles. The molecule has 1 heteroatoms. The quantitative estimate of drug-likeness (QED) is 0.608. The monoisotopic (exact) mass is 182 g/mol. The number of rotatable bonds is 1. The van der Waals surface area contributed by atoms with Gasteiger partial charge in [0.2, 0.25) is 0 Å². The fraction of sp³-hybridized carbons (Fsp3) is 0.500. The smallest absolute Gasteiger partial charge is 0.123 e. The summed E-state index contributed by atoms with van der Waals surface area (Å²) in [7, 11) is 0. The third-order valence-electron chi connectivity index (χ3n) is 1.86. The van der Waals surface area contributed by atoms with Crippen molar-refractivity contribution < 1.29 is 4.39 Å². The average Bonchev–Trinajstić information content (AvgIpc) is 2.12. The molecule has 0 saturated carbocycles. The average molecular weight is 182 g/mol. The fourth-order valence-electron chi connectivity index (χ4n) is 1.23. The molecule has 0 unspecified atom stereocenters. The minimum absolute atomic E-state index is 0.140. The first kappa shape index (κ1) is 12.2. The Morgan fingerprint density at radius 1 is 1.15 bits per heavy atom. The third kappa shape index (κ3) is 3.58. The first-order valence-corrected chi connectivity index (χ1v) is 4.87. The molecule has 0 aliphatic rings. The molecular formula is C12H19F. The van der Waals surface area contributed by atoms with E-state index in [1.54, 1.807) is 6.07 Å². The van der Waals surface area contributed by atoms with E-state index in [-0.39, 0.29) is 5.82 Å². The molecule has 0 spiro atoms. The molecule has 0 aliphatic heterocycles. The zero-order valence-corrected chi connectivity index (χ0v) is 9.19. The molecule has 0 heterocycles. The second kappa shape index (κ2) is 5.74.